The van der Waals surface area contributed by atoms with Crippen molar-refractivity contribution in [2.45, 2.75) is 6.10 Å². The van der Waals surface area contributed by atoms with Crippen LogP contribution in [-0.4, -0.2) is 56.9 Å². The van der Waals surface area contributed by atoms with Gasteiger partial charge in [-0.15, -0.1) is 0 Å². The second kappa shape index (κ2) is 8.76. The molecule has 1 atom stereocenters. The van der Waals surface area contributed by atoms with Gasteiger partial charge in [0, 0.05) is 5.56 Å². The van der Waals surface area contributed by atoms with Gasteiger partial charge in [0.05, 0.1) is 14.2 Å². The van der Waals surface area contributed by atoms with Gasteiger partial charge in [-0.25, -0.2) is 13.9 Å². The summed E-state index contributed by atoms with van der Waals surface area (Å²) in [6.07, 6.45) is -0.987. The monoisotopic (exact) mass is 394 g/mol. The molecule has 0 spiro atoms. The van der Waals surface area contributed by atoms with Gasteiger partial charge in [0.25, 0.3) is 0 Å². The first-order valence-corrected chi connectivity index (χ1v) is 9.91. The maximum atomic E-state index is 13.2. The largest absolute Gasteiger partial charge is 0.497 e. The molecule has 0 aromatic heterocycles. The standard InChI is InChI=1S/C19H27N2O5P/c1-20(2)27(23,21(3)4)26-18-12-11-16(25-6)13-17(18)19(22)14-7-9-15(24-5)10-8-14/h7-13,19,22H,1-6H3/t19-/m1/s1. The van der Waals surface area contributed by atoms with E-state index in [1.165, 1.54) is 9.34 Å². The van der Waals surface area contributed by atoms with Gasteiger partial charge in [-0.2, -0.15) is 0 Å². The fourth-order valence-corrected chi connectivity index (χ4v) is 4.03. The summed E-state index contributed by atoms with van der Waals surface area (Å²) < 4.78 is 32.6. The molecule has 0 aliphatic rings. The van der Waals surface area contributed by atoms with Crippen LogP contribution < -0.4 is 14.0 Å². The molecule has 0 heterocycles. The van der Waals surface area contributed by atoms with Crippen molar-refractivity contribution in [3.63, 3.8) is 0 Å². The van der Waals surface area contributed by atoms with E-state index in [-0.39, 0.29) is 0 Å². The number of rotatable bonds is 8. The van der Waals surface area contributed by atoms with Crippen molar-refractivity contribution in [2.24, 2.45) is 0 Å². The summed E-state index contributed by atoms with van der Waals surface area (Å²) in [5.74, 6) is 1.58. The smallest absolute Gasteiger partial charge is 0.394 e. The minimum absolute atomic E-state index is 0.324. The van der Waals surface area contributed by atoms with Crippen molar-refractivity contribution < 1.29 is 23.7 Å². The lowest BCUT2D eigenvalue weighted by Gasteiger charge is -2.31. The van der Waals surface area contributed by atoms with Crippen molar-refractivity contribution >= 4 is 7.67 Å². The first-order valence-electron chi connectivity index (χ1n) is 8.38. The fourth-order valence-electron chi connectivity index (χ4n) is 2.57. The summed E-state index contributed by atoms with van der Waals surface area (Å²) >= 11 is 0. The Balaban J connectivity index is 2.48. The molecule has 7 nitrogen and oxygen atoms in total. The van der Waals surface area contributed by atoms with Gasteiger partial charge in [-0.3, -0.25) is 0 Å². The van der Waals surface area contributed by atoms with Gasteiger partial charge in [0.2, 0.25) is 0 Å². The quantitative estimate of drug-likeness (QED) is 0.688. The average molecular weight is 394 g/mol. The van der Waals surface area contributed by atoms with Crippen molar-refractivity contribution in [2.75, 3.05) is 42.4 Å². The lowest BCUT2D eigenvalue weighted by Crippen LogP contribution is -2.25. The van der Waals surface area contributed by atoms with Crippen LogP contribution in [0.15, 0.2) is 42.5 Å². The Kier molecular flexibility index (Phi) is 6.89. The van der Waals surface area contributed by atoms with Crippen LogP contribution in [0.5, 0.6) is 17.2 Å². The highest BCUT2D eigenvalue weighted by molar-refractivity contribution is 7.54. The van der Waals surface area contributed by atoms with Crippen LogP contribution in [0, 0.1) is 0 Å². The zero-order chi connectivity index (χ0) is 20.2. The highest BCUT2D eigenvalue weighted by atomic mass is 31.2. The molecule has 0 unspecified atom stereocenters. The van der Waals surface area contributed by atoms with Crippen LogP contribution in [0.25, 0.3) is 0 Å². The normalized spacial score (nSPS) is 12.9. The Morgan fingerprint density at radius 2 is 1.41 bits per heavy atom. The Morgan fingerprint density at radius 3 is 1.89 bits per heavy atom. The van der Waals surface area contributed by atoms with Gasteiger partial charge >= 0.3 is 7.67 Å². The molecule has 2 rings (SSSR count). The first kappa shape index (κ1) is 21.3. The minimum Gasteiger partial charge on any atom is -0.497 e. The van der Waals surface area contributed by atoms with E-state index in [0.717, 1.165) is 0 Å². The molecule has 27 heavy (non-hydrogen) atoms. The van der Waals surface area contributed by atoms with Gasteiger partial charge in [0.1, 0.15) is 23.4 Å². The maximum absolute atomic E-state index is 13.2. The summed E-state index contributed by atoms with van der Waals surface area (Å²) in [5.41, 5.74) is 1.11. The van der Waals surface area contributed by atoms with Crippen LogP contribution in [0.2, 0.25) is 0 Å². The number of methoxy groups -OCH3 is 2. The predicted molar refractivity (Wildman–Crippen MR) is 106 cm³/mol. The predicted octanol–water partition coefficient (Wildman–Crippen LogP) is 3.40. The summed E-state index contributed by atoms with van der Waals surface area (Å²) in [6.45, 7) is 0. The lowest BCUT2D eigenvalue weighted by atomic mass is 10.0. The van der Waals surface area contributed by atoms with Crippen molar-refractivity contribution in [1.82, 2.24) is 9.34 Å². The third kappa shape index (κ3) is 4.62. The summed E-state index contributed by atoms with van der Waals surface area (Å²) in [5, 5.41) is 10.9. The summed E-state index contributed by atoms with van der Waals surface area (Å²) in [4.78, 5) is 0. The number of aliphatic hydroxyl groups excluding tert-OH is 1. The summed E-state index contributed by atoms with van der Waals surface area (Å²) in [7, 11) is 6.58. The van der Waals surface area contributed by atoms with Crippen molar-refractivity contribution in [1.29, 1.82) is 0 Å². The fraction of sp³-hybridized carbons (Fsp3) is 0.368. The molecule has 148 valence electrons. The topological polar surface area (TPSA) is 71.5 Å². The number of aliphatic hydroxyl groups is 1. The van der Waals surface area contributed by atoms with Crippen LogP contribution in [-0.2, 0) is 4.57 Å². The molecule has 0 aliphatic carbocycles. The van der Waals surface area contributed by atoms with E-state index >= 15 is 0 Å². The van der Waals surface area contributed by atoms with Gasteiger partial charge in [0.15, 0.2) is 0 Å². The molecule has 0 amide bonds. The van der Waals surface area contributed by atoms with Crippen molar-refractivity contribution in [3.8, 4) is 17.2 Å². The Morgan fingerprint density at radius 1 is 0.889 bits per heavy atom. The third-order valence-corrected chi connectivity index (χ3v) is 6.63. The molecule has 0 radical (unpaired) electrons. The van der Waals surface area contributed by atoms with Crippen LogP contribution in [0.3, 0.4) is 0 Å². The molecule has 0 aliphatic heterocycles. The molecule has 2 aromatic carbocycles. The van der Waals surface area contributed by atoms with E-state index < -0.39 is 13.8 Å². The van der Waals surface area contributed by atoms with Crippen LogP contribution in [0.4, 0.5) is 0 Å². The second-order valence-electron chi connectivity index (χ2n) is 6.36. The number of hydrogen-bond acceptors (Lipinski definition) is 5. The molecule has 2 aromatic rings. The second-order valence-corrected chi connectivity index (χ2v) is 9.12. The Labute approximate surface area is 160 Å². The SMILES string of the molecule is COc1ccc([C@@H](O)c2cc(OC)ccc2OP(=O)(N(C)C)N(C)C)cc1. The van der Waals surface area contributed by atoms with E-state index in [0.29, 0.717) is 28.4 Å². The number of benzene rings is 2. The van der Waals surface area contributed by atoms with E-state index in [9.17, 15) is 9.67 Å². The number of hydrogen-bond donors (Lipinski definition) is 1. The highest BCUT2D eigenvalue weighted by Gasteiger charge is 2.33. The number of ether oxygens (including phenoxy) is 2. The van der Waals surface area contributed by atoms with Gasteiger partial charge in [-0.1, -0.05) is 12.1 Å². The molecule has 1 N–H and O–H groups in total. The molecule has 0 bridgehead atoms. The summed E-state index contributed by atoms with van der Waals surface area (Å²) in [6, 6.07) is 12.1. The third-order valence-electron chi connectivity index (χ3n) is 4.17. The molecular formula is C19H27N2O5P. The highest BCUT2D eigenvalue weighted by Crippen LogP contribution is 2.52. The van der Waals surface area contributed by atoms with Crippen molar-refractivity contribution in [3.05, 3.63) is 53.6 Å². The van der Waals surface area contributed by atoms with Crippen LogP contribution >= 0.6 is 7.67 Å². The van der Waals surface area contributed by atoms with Gasteiger partial charge < -0.3 is 19.1 Å². The molecule has 0 saturated heterocycles. The Bertz CT molecular complexity index is 796. The molecule has 0 saturated carbocycles. The Hall–Kier alpha value is -2.05. The number of nitrogens with zero attached hydrogens (tertiary/aromatic N) is 2. The first-order chi connectivity index (χ1) is 12.7. The maximum Gasteiger partial charge on any atom is 0.394 e. The van der Waals surface area contributed by atoms with Gasteiger partial charge in [-0.05, 0) is 64.1 Å². The molecule has 8 heteroatoms. The lowest BCUT2D eigenvalue weighted by molar-refractivity contribution is 0.215. The zero-order valence-electron chi connectivity index (χ0n) is 16.5. The van der Waals surface area contributed by atoms with E-state index in [1.807, 2.05) is 0 Å². The minimum atomic E-state index is -3.28. The van der Waals surface area contributed by atoms with E-state index in [1.54, 1.807) is 84.9 Å². The zero-order valence-corrected chi connectivity index (χ0v) is 17.4. The van der Waals surface area contributed by atoms with Crippen LogP contribution in [0.1, 0.15) is 17.2 Å². The van der Waals surface area contributed by atoms with E-state index in [2.05, 4.69) is 0 Å². The average Bonchev–Trinajstić information content (AvgIpc) is 2.67. The van der Waals surface area contributed by atoms with E-state index in [4.69, 9.17) is 14.0 Å². The molecular weight excluding hydrogens is 367 g/mol. The molecule has 0 fully saturated rings.